The lowest BCUT2D eigenvalue weighted by Gasteiger charge is -2.31. The molecule has 1 aromatic carbocycles. The molecule has 2 aromatic heterocycles. The fourth-order valence-electron chi connectivity index (χ4n) is 3.32. The van der Waals surface area contributed by atoms with Crippen molar-refractivity contribution < 1.29 is 4.74 Å². The summed E-state index contributed by atoms with van der Waals surface area (Å²) in [6, 6.07) is 14.5. The molecule has 4 rings (SSSR count). The van der Waals surface area contributed by atoms with Gasteiger partial charge in [0.25, 0.3) is 0 Å². The van der Waals surface area contributed by atoms with Gasteiger partial charge in [0.05, 0.1) is 30.6 Å². The number of nitrogens with one attached hydrogen (secondary N) is 2. The number of hydrogen-bond donors (Lipinski definition) is 2. The van der Waals surface area contributed by atoms with Crippen LogP contribution in [-0.4, -0.2) is 57.9 Å². The van der Waals surface area contributed by atoms with E-state index >= 15 is 0 Å². The highest BCUT2D eigenvalue weighted by Gasteiger charge is 2.19. The van der Waals surface area contributed by atoms with Crippen molar-refractivity contribution in [1.29, 1.82) is 0 Å². The zero-order chi connectivity index (χ0) is 18.5. The number of nitrogens with zero attached hydrogens (tertiary/aromatic N) is 4. The van der Waals surface area contributed by atoms with Crippen molar-refractivity contribution in [2.45, 2.75) is 13.0 Å². The molecule has 1 fully saturated rings. The van der Waals surface area contributed by atoms with Crippen LogP contribution in [0.5, 0.6) is 0 Å². The van der Waals surface area contributed by atoms with Crippen molar-refractivity contribution in [3.8, 4) is 11.4 Å². The summed E-state index contributed by atoms with van der Waals surface area (Å²) >= 11 is 0. The second kappa shape index (κ2) is 8.28. The quantitative estimate of drug-likeness (QED) is 0.700. The molecule has 1 saturated heterocycles. The average molecular weight is 364 g/mol. The number of anilines is 1. The van der Waals surface area contributed by atoms with Gasteiger partial charge in [0.1, 0.15) is 11.6 Å². The first-order valence-electron chi connectivity index (χ1n) is 9.25. The molecular weight excluding hydrogens is 340 g/mol. The van der Waals surface area contributed by atoms with E-state index in [1.807, 2.05) is 25.1 Å². The van der Waals surface area contributed by atoms with E-state index in [9.17, 15) is 0 Å². The standard InChI is InChI=1S/C20H24N6O/c1-15-22-18(17-7-8-21-25-17)13-20(23-15)24-19(16-5-3-2-4-6-16)14-26-9-11-27-12-10-26/h2-8,13,19H,9-12,14H2,1H3,(H,21,25)(H,22,23,24)/t19-/m1/s1. The number of rotatable bonds is 6. The summed E-state index contributed by atoms with van der Waals surface area (Å²) in [6.45, 7) is 6.29. The fraction of sp³-hybridized carbons (Fsp3) is 0.350. The number of morpholine rings is 1. The second-order valence-corrected chi connectivity index (χ2v) is 6.68. The van der Waals surface area contributed by atoms with E-state index in [1.165, 1.54) is 5.56 Å². The molecule has 3 aromatic rings. The Morgan fingerprint density at radius 3 is 2.70 bits per heavy atom. The van der Waals surface area contributed by atoms with Gasteiger partial charge in [-0.15, -0.1) is 0 Å². The Kier molecular flexibility index (Phi) is 5.41. The smallest absolute Gasteiger partial charge is 0.130 e. The minimum absolute atomic E-state index is 0.133. The summed E-state index contributed by atoms with van der Waals surface area (Å²) in [5.74, 6) is 1.54. The first-order valence-corrected chi connectivity index (χ1v) is 9.25. The van der Waals surface area contributed by atoms with Crippen LogP contribution in [0, 0.1) is 6.92 Å². The third-order valence-corrected chi connectivity index (χ3v) is 4.68. The molecule has 0 amide bonds. The molecule has 1 aliphatic heterocycles. The summed E-state index contributed by atoms with van der Waals surface area (Å²) in [7, 11) is 0. The van der Waals surface area contributed by atoms with Crippen molar-refractivity contribution in [1.82, 2.24) is 25.1 Å². The largest absolute Gasteiger partial charge is 0.379 e. The maximum absolute atomic E-state index is 5.49. The van der Waals surface area contributed by atoms with Gasteiger partial charge in [-0.2, -0.15) is 5.10 Å². The molecule has 2 N–H and O–H groups in total. The molecule has 27 heavy (non-hydrogen) atoms. The van der Waals surface area contributed by atoms with Gasteiger partial charge < -0.3 is 10.1 Å². The van der Waals surface area contributed by atoms with Gasteiger partial charge >= 0.3 is 0 Å². The van der Waals surface area contributed by atoms with E-state index < -0.39 is 0 Å². The van der Waals surface area contributed by atoms with Crippen LogP contribution in [0.25, 0.3) is 11.4 Å². The van der Waals surface area contributed by atoms with Crippen molar-refractivity contribution in [2.75, 3.05) is 38.2 Å². The predicted molar refractivity (Wildman–Crippen MR) is 104 cm³/mol. The Morgan fingerprint density at radius 1 is 1.15 bits per heavy atom. The monoisotopic (exact) mass is 364 g/mol. The van der Waals surface area contributed by atoms with Crippen LogP contribution in [-0.2, 0) is 4.74 Å². The Morgan fingerprint density at radius 2 is 1.96 bits per heavy atom. The predicted octanol–water partition coefficient (Wildman–Crippen LogP) is 2.66. The number of aromatic nitrogens is 4. The minimum Gasteiger partial charge on any atom is -0.379 e. The first-order chi connectivity index (χ1) is 13.3. The van der Waals surface area contributed by atoms with E-state index in [-0.39, 0.29) is 6.04 Å². The molecule has 7 nitrogen and oxygen atoms in total. The molecule has 7 heteroatoms. The Balaban J connectivity index is 1.59. The van der Waals surface area contributed by atoms with Gasteiger partial charge in [-0.3, -0.25) is 10.00 Å². The molecule has 1 aliphatic rings. The highest BCUT2D eigenvalue weighted by atomic mass is 16.5. The van der Waals surface area contributed by atoms with Gasteiger partial charge in [0.15, 0.2) is 0 Å². The molecule has 1 atom stereocenters. The summed E-state index contributed by atoms with van der Waals surface area (Å²) < 4.78 is 5.49. The molecule has 0 aliphatic carbocycles. The SMILES string of the molecule is Cc1nc(N[C@H](CN2CCOCC2)c2ccccc2)cc(-c2ccn[nH]2)n1. The van der Waals surface area contributed by atoms with Gasteiger partial charge in [0, 0.05) is 31.9 Å². The van der Waals surface area contributed by atoms with Crippen molar-refractivity contribution in [2.24, 2.45) is 0 Å². The normalized spacial score (nSPS) is 16.2. The first kappa shape index (κ1) is 17.6. The van der Waals surface area contributed by atoms with Crippen LogP contribution in [0.3, 0.4) is 0 Å². The van der Waals surface area contributed by atoms with Crippen molar-refractivity contribution in [3.63, 3.8) is 0 Å². The van der Waals surface area contributed by atoms with Crippen LogP contribution in [0.1, 0.15) is 17.4 Å². The Labute approximate surface area is 158 Å². The van der Waals surface area contributed by atoms with Crippen LogP contribution < -0.4 is 5.32 Å². The summed E-state index contributed by atoms with van der Waals surface area (Å²) in [4.78, 5) is 11.6. The zero-order valence-corrected chi connectivity index (χ0v) is 15.4. The second-order valence-electron chi connectivity index (χ2n) is 6.68. The third-order valence-electron chi connectivity index (χ3n) is 4.68. The van der Waals surface area contributed by atoms with Crippen LogP contribution in [0.15, 0.2) is 48.7 Å². The van der Waals surface area contributed by atoms with E-state index in [2.05, 4.69) is 54.6 Å². The lowest BCUT2D eigenvalue weighted by molar-refractivity contribution is 0.0360. The average Bonchev–Trinajstić information content (AvgIpc) is 3.24. The van der Waals surface area contributed by atoms with Gasteiger partial charge in [-0.05, 0) is 18.6 Å². The van der Waals surface area contributed by atoms with E-state index in [0.29, 0.717) is 0 Å². The molecule has 140 valence electrons. The van der Waals surface area contributed by atoms with E-state index in [4.69, 9.17) is 4.74 Å². The van der Waals surface area contributed by atoms with Gasteiger partial charge in [-0.1, -0.05) is 30.3 Å². The summed E-state index contributed by atoms with van der Waals surface area (Å²) in [6.07, 6.45) is 1.73. The molecule has 0 saturated carbocycles. The molecule has 0 bridgehead atoms. The molecule has 0 unspecified atom stereocenters. The molecular formula is C20H24N6O. The summed E-state index contributed by atoms with van der Waals surface area (Å²) in [5.41, 5.74) is 2.96. The third kappa shape index (κ3) is 4.50. The van der Waals surface area contributed by atoms with E-state index in [0.717, 1.165) is 55.9 Å². The Bertz CT molecular complexity index is 846. The molecule has 0 spiro atoms. The number of aryl methyl sites for hydroxylation is 1. The molecule has 3 heterocycles. The maximum atomic E-state index is 5.49. The van der Waals surface area contributed by atoms with Crippen LogP contribution >= 0.6 is 0 Å². The number of ether oxygens (including phenoxy) is 1. The van der Waals surface area contributed by atoms with Gasteiger partial charge in [0.2, 0.25) is 0 Å². The number of aromatic amines is 1. The van der Waals surface area contributed by atoms with Crippen molar-refractivity contribution in [3.05, 3.63) is 60.0 Å². The lowest BCUT2D eigenvalue weighted by Crippen LogP contribution is -2.40. The minimum atomic E-state index is 0.133. The summed E-state index contributed by atoms with van der Waals surface area (Å²) in [5, 5.41) is 10.6. The zero-order valence-electron chi connectivity index (χ0n) is 15.4. The van der Waals surface area contributed by atoms with Crippen LogP contribution in [0.4, 0.5) is 5.82 Å². The number of benzene rings is 1. The van der Waals surface area contributed by atoms with Crippen LogP contribution in [0.2, 0.25) is 0 Å². The number of hydrogen-bond acceptors (Lipinski definition) is 6. The highest BCUT2D eigenvalue weighted by molar-refractivity contribution is 5.58. The number of H-pyrrole nitrogens is 1. The highest BCUT2D eigenvalue weighted by Crippen LogP contribution is 2.23. The maximum Gasteiger partial charge on any atom is 0.130 e. The topological polar surface area (TPSA) is 79.0 Å². The Hall–Kier alpha value is -2.77. The van der Waals surface area contributed by atoms with E-state index in [1.54, 1.807) is 6.20 Å². The van der Waals surface area contributed by atoms with Crippen molar-refractivity contribution >= 4 is 5.82 Å². The molecule has 0 radical (unpaired) electrons. The lowest BCUT2D eigenvalue weighted by atomic mass is 10.1. The fourth-order valence-corrected chi connectivity index (χ4v) is 3.32. The van der Waals surface area contributed by atoms with Gasteiger partial charge in [-0.25, -0.2) is 9.97 Å².